The Morgan fingerprint density at radius 3 is 2.89 bits per heavy atom. The van der Waals surface area contributed by atoms with Crippen molar-refractivity contribution in [1.82, 2.24) is 4.90 Å². The molecule has 2 N–H and O–H groups in total. The van der Waals surface area contributed by atoms with Crippen LogP contribution in [0.1, 0.15) is 24.8 Å². The summed E-state index contributed by atoms with van der Waals surface area (Å²) in [4.78, 5) is 2.43. The molecule has 0 radical (unpaired) electrons. The number of benzene rings is 1. The van der Waals surface area contributed by atoms with Crippen LogP contribution in [-0.4, -0.2) is 24.5 Å². The van der Waals surface area contributed by atoms with Gasteiger partial charge < -0.3 is 5.73 Å². The van der Waals surface area contributed by atoms with Gasteiger partial charge in [0.2, 0.25) is 0 Å². The summed E-state index contributed by atoms with van der Waals surface area (Å²) in [5.74, 6) is 0.658. The first-order chi connectivity index (χ1) is 8.61. The monoisotopic (exact) mass is 330 g/mol. The Labute approximate surface area is 123 Å². The molecular weight excluding hydrogens is 312 g/mol. The first-order valence-electron chi connectivity index (χ1n) is 6.46. The molecule has 0 amide bonds. The molecule has 2 rings (SSSR count). The van der Waals surface area contributed by atoms with Crippen LogP contribution in [0.3, 0.4) is 0 Å². The van der Waals surface area contributed by atoms with Crippen LogP contribution in [0.5, 0.6) is 0 Å². The minimum absolute atomic E-state index is 0.629. The van der Waals surface area contributed by atoms with Crippen molar-refractivity contribution in [3.05, 3.63) is 33.3 Å². The Morgan fingerprint density at radius 1 is 1.44 bits per heavy atom. The number of rotatable bonds is 4. The molecule has 1 fully saturated rings. The Kier molecular flexibility index (Phi) is 5.07. The largest absolute Gasteiger partial charge is 0.330 e. The minimum atomic E-state index is 0.629. The van der Waals surface area contributed by atoms with E-state index < -0.39 is 0 Å². The molecule has 1 saturated carbocycles. The number of halogens is 2. The standard InChI is InChI=1S/C14H20BrClN2/c1-18(14-4-2-3-11(14)8-17)9-10-5-6-13(16)12(15)7-10/h5-7,11,14H,2-4,8-9,17H2,1H3. The lowest BCUT2D eigenvalue weighted by Crippen LogP contribution is -2.37. The summed E-state index contributed by atoms with van der Waals surface area (Å²) in [6, 6.07) is 6.77. The summed E-state index contributed by atoms with van der Waals surface area (Å²) in [6.07, 6.45) is 3.85. The topological polar surface area (TPSA) is 29.3 Å². The number of nitrogens with zero attached hydrogens (tertiary/aromatic N) is 1. The van der Waals surface area contributed by atoms with Crippen molar-refractivity contribution < 1.29 is 0 Å². The summed E-state index contributed by atoms with van der Waals surface area (Å²) < 4.78 is 0.969. The van der Waals surface area contributed by atoms with E-state index in [2.05, 4.69) is 40.0 Å². The van der Waals surface area contributed by atoms with E-state index in [1.807, 2.05) is 6.07 Å². The highest BCUT2D eigenvalue weighted by molar-refractivity contribution is 9.10. The third-order valence-electron chi connectivity index (χ3n) is 3.90. The first kappa shape index (κ1) is 14.3. The molecule has 2 unspecified atom stereocenters. The highest BCUT2D eigenvalue weighted by Crippen LogP contribution is 2.30. The fourth-order valence-electron chi connectivity index (χ4n) is 2.92. The van der Waals surface area contributed by atoms with Gasteiger partial charge in [-0.3, -0.25) is 4.90 Å². The maximum atomic E-state index is 6.01. The lowest BCUT2D eigenvalue weighted by molar-refractivity contribution is 0.193. The van der Waals surface area contributed by atoms with Crippen LogP contribution in [0.15, 0.2) is 22.7 Å². The van der Waals surface area contributed by atoms with Crippen molar-refractivity contribution in [1.29, 1.82) is 0 Å². The maximum absolute atomic E-state index is 6.01. The van der Waals surface area contributed by atoms with E-state index in [-0.39, 0.29) is 0 Å². The molecule has 0 spiro atoms. The van der Waals surface area contributed by atoms with Crippen LogP contribution in [0.4, 0.5) is 0 Å². The van der Waals surface area contributed by atoms with Crippen LogP contribution in [0, 0.1) is 5.92 Å². The summed E-state index contributed by atoms with van der Waals surface area (Å²) in [5, 5.41) is 0.766. The molecule has 0 heterocycles. The Morgan fingerprint density at radius 2 is 2.22 bits per heavy atom. The van der Waals surface area contributed by atoms with E-state index >= 15 is 0 Å². The smallest absolute Gasteiger partial charge is 0.0548 e. The second-order valence-electron chi connectivity index (χ2n) is 5.16. The van der Waals surface area contributed by atoms with E-state index in [0.29, 0.717) is 12.0 Å². The predicted molar refractivity (Wildman–Crippen MR) is 80.8 cm³/mol. The van der Waals surface area contributed by atoms with Gasteiger partial charge in [-0.1, -0.05) is 24.1 Å². The van der Waals surface area contributed by atoms with Gasteiger partial charge in [-0.15, -0.1) is 0 Å². The summed E-state index contributed by atoms with van der Waals surface area (Å²) in [5.41, 5.74) is 7.14. The molecule has 1 aliphatic rings. The first-order valence-corrected chi connectivity index (χ1v) is 7.63. The molecule has 2 nitrogen and oxygen atoms in total. The quantitative estimate of drug-likeness (QED) is 0.912. The Hall–Kier alpha value is -0.0900. The summed E-state index contributed by atoms with van der Waals surface area (Å²) in [6.45, 7) is 1.76. The third-order valence-corrected chi connectivity index (χ3v) is 5.12. The minimum Gasteiger partial charge on any atom is -0.330 e. The fourth-order valence-corrected chi connectivity index (χ4v) is 3.46. The second kappa shape index (κ2) is 6.38. The van der Waals surface area contributed by atoms with Gasteiger partial charge in [0.1, 0.15) is 0 Å². The zero-order valence-corrected chi connectivity index (χ0v) is 13.0. The van der Waals surface area contributed by atoms with Gasteiger partial charge in [-0.2, -0.15) is 0 Å². The van der Waals surface area contributed by atoms with Crippen molar-refractivity contribution in [2.24, 2.45) is 11.7 Å². The number of hydrogen-bond donors (Lipinski definition) is 1. The summed E-state index contributed by atoms with van der Waals surface area (Å²) in [7, 11) is 2.20. The van der Waals surface area contributed by atoms with Crippen LogP contribution < -0.4 is 5.73 Å². The van der Waals surface area contributed by atoms with Gasteiger partial charge in [0, 0.05) is 17.1 Å². The molecular formula is C14H20BrClN2. The highest BCUT2D eigenvalue weighted by atomic mass is 79.9. The van der Waals surface area contributed by atoms with Gasteiger partial charge >= 0.3 is 0 Å². The molecule has 0 aliphatic heterocycles. The van der Waals surface area contributed by atoms with Crippen LogP contribution in [0.2, 0.25) is 5.02 Å². The third kappa shape index (κ3) is 3.27. The van der Waals surface area contributed by atoms with Crippen molar-refractivity contribution in [3.63, 3.8) is 0 Å². The van der Waals surface area contributed by atoms with Crippen LogP contribution in [0.25, 0.3) is 0 Å². The number of hydrogen-bond acceptors (Lipinski definition) is 2. The molecule has 4 heteroatoms. The highest BCUT2D eigenvalue weighted by Gasteiger charge is 2.29. The predicted octanol–water partition coefficient (Wildman–Crippen LogP) is 3.66. The Balaban J connectivity index is 2.02. The van der Waals surface area contributed by atoms with Gasteiger partial charge in [0.25, 0.3) is 0 Å². The van der Waals surface area contributed by atoms with Crippen LogP contribution in [-0.2, 0) is 6.54 Å². The average Bonchev–Trinajstić information content (AvgIpc) is 2.82. The van der Waals surface area contributed by atoms with E-state index in [1.54, 1.807) is 0 Å². The van der Waals surface area contributed by atoms with E-state index in [1.165, 1.54) is 24.8 Å². The van der Waals surface area contributed by atoms with E-state index in [9.17, 15) is 0 Å². The van der Waals surface area contributed by atoms with Crippen molar-refractivity contribution >= 4 is 27.5 Å². The molecule has 0 bridgehead atoms. The van der Waals surface area contributed by atoms with Crippen LogP contribution >= 0.6 is 27.5 Å². The maximum Gasteiger partial charge on any atom is 0.0548 e. The van der Waals surface area contributed by atoms with Crippen molar-refractivity contribution in [2.75, 3.05) is 13.6 Å². The lowest BCUT2D eigenvalue weighted by atomic mass is 10.0. The van der Waals surface area contributed by atoms with E-state index in [4.69, 9.17) is 17.3 Å². The Bertz CT molecular complexity index is 411. The molecule has 18 heavy (non-hydrogen) atoms. The van der Waals surface area contributed by atoms with Gasteiger partial charge in [0.15, 0.2) is 0 Å². The second-order valence-corrected chi connectivity index (χ2v) is 6.42. The normalized spacial score (nSPS) is 23.8. The fraction of sp³-hybridized carbons (Fsp3) is 0.571. The van der Waals surface area contributed by atoms with Gasteiger partial charge in [0.05, 0.1) is 5.02 Å². The van der Waals surface area contributed by atoms with Crippen molar-refractivity contribution in [2.45, 2.75) is 31.8 Å². The van der Waals surface area contributed by atoms with Crippen molar-refractivity contribution in [3.8, 4) is 0 Å². The number of nitrogens with two attached hydrogens (primary N) is 1. The molecule has 100 valence electrons. The summed E-state index contributed by atoms with van der Waals surface area (Å²) >= 11 is 9.49. The SMILES string of the molecule is CN(Cc1ccc(Cl)c(Br)c1)C1CCCC1CN. The lowest BCUT2D eigenvalue weighted by Gasteiger charge is -2.29. The molecule has 1 aromatic rings. The molecule has 0 saturated heterocycles. The molecule has 0 aromatic heterocycles. The van der Waals surface area contributed by atoms with Gasteiger partial charge in [-0.05, 0) is 66.0 Å². The van der Waals surface area contributed by atoms with E-state index in [0.717, 1.165) is 22.6 Å². The zero-order chi connectivity index (χ0) is 13.1. The zero-order valence-electron chi connectivity index (χ0n) is 10.7. The average molecular weight is 332 g/mol. The van der Waals surface area contributed by atoms with Gasteiger partial charge in [-0.25, -0.2) is 0 Å². The molecule has 1 aromatic carbocycles. The molecule has 2 atom stereocenters. The molecule has 1 aliphatic carbocycles.